The number of alkyl halides is 2. The number of nitrogens with one attached hydrogen (secondary N) is 1. The van der Waals surface area contributed by atoms with Gasteiger partial charge in [0.15, 0.2) is 5.13 Å². The molecule has 24 heavy (non-hydrogen) atoms. The van der Waals surface area contributed by atoms with Gasteiger partial charge in [-0.25, -0.2) is 4.98 Å². The van der Waals surface area contributed by atoms with Crippen molar-refractivity contribution in [3.05, 3.63) is 32.4 Å². The Morgan fingerprint density at radius 2 is 2.21 bits per heavy atom. The van der Waals surface area contributed by atoms with Gasteiger partial charge in [0.1, 0.15) is 6.04 Å². The second-order valence-corrected chi connectivity index (χ2v) is 7.68. The second kappa shape index (κ2) is 6.85. The molecule has 5 nitrogen and oxygen atoms in total. The van der Waals surface area contributed by atoms with Crippen LogP contribution in [0.25, 0.3) is 0 Å². The molecule has 0 bridgehead atoms. The van der Waals surface area contributed by atoms with Crippen molar-refractivity contribution in [3.8, 4) is 0 Å². The molecule has 1 unspecified atom stereocenters. The van der Waals surface area contributed by atoms with Crippen LogP contribution in [-0.4, -0.2) is 34.3 Å². The molecule has 2 amide bonds. The van der Waals surface area contributed by atoms with E-state index in [0.29, 0.717) is 18.0 Å². The van der Waals surface area contributed by atoms with Gasteiger partial charge in [0, 0.05) is 33.4 Å². The van der Waals surface area contributed by atoms with E-state index in [2.05, 4.69) is 26.2 Å². The normalized spacial score (nSPS) is 18.0. The lowest BCUT2D eigenvalue weighted by Crippen LogP contribution is -2.48. The van der Waals surface area contributed by atoms with Crippen LogP contribution in [0.1, 0.15) is 18.4 Å². The Hall–Kier alpha value is -1.39. The fraction of sp³-hybridized carbons (Fsp3) is 0.357. The highest BCUT2D eigenvalue weighted by atomic mass is 79.9. The molecular weight excluding hydrogens is 424 g/mol. The number of thiophene rings is 1. The van der Waals surface area contributed by atoms with Crippen LogP contribution in [0, 0.1) is 0 Å². The summed E-state index contributed by atoms with van der Waals surface area (Å²) in [5.74, 6) is -5.52. The van der Waals surface area contributed by atoms with Gasteiger partial charge in [-0.2, -0.15) is 20.1 Å². The summed E-state index contributed by atoms with van der Waals surface area (Å²) in [7, 11) is 0. The summed E-state index contributed by atoms with van der Waals surface area (Å²) in [5, 5.41) is 7.37. The minimum absolute atomic E-state index is 0.131. The Balaban J connectivity index is 1.78. The maximum absolute atomic E-state index is 14.6. The van der Waals surface area contributed by atoms with Crippen molar-refractivity contribution in [1.82, 2.24) is 9.88 Å². The number of carbonyl (C=O) groups is 2. The molecule has 2 aromatic rings. The lowest BCUT2D eigenvalue weighted by molar-refractivity contribution is -0.161. The highest BCUT2D eigenvalue weighted by Gasteiger charge is 2.49. The van der Waals surface area contributed by atoms with Crippen molar-refractivity contribution >= 4 is 55.5 Å². The van der Waals surface area contributed by atoms with Gasteiger partial charge < -0.3 is 10.2 Å². The largest absolute Gasteiger partial charge is 0.351 e. The molecule has 3 heterocycles. The number of nitrogens with zero attached hydrogens (tertiary/aromatic N) is 2. The van der Waals surface area contributed by atoms with Gasteiger partial charge in [-0.1, -0.05) is 0 Å². The Morgan fingerprint density at radius 3 is 2.83 bits per heavy atom. The number of aromatic nitrogens is 1. The van der Waals surface area contributed by atoms with Gasteiger partial charge in [-0.05, 0) is 28.8 Å². The van der Waals surface area contributed by atoms with E-state index in [1.54, 1.807) is 5.38 Å². The molecule has 0 saturated carbocycles. The van der Waals surface area contributed by atoms with Crippen LogP contribution < -0.4 is 5.32 Å². The molecule has 1 aliphatic rings. The monoisotopic (exact) mass is 435 g/mol. The molecule has 0 aromatic carbocycles. The number of likely N-dealkylation sites (tertiary alicyclic amines) is 1. The summed E-state index contributed by atoms with van der Waals surface area (Å²) in [6.45, 7) is 0.131. The summed E-state index contributed by atoms with van der Waals surface area (Å²) in [6.07, 6.45) is 2.38. The van der Waals surface area contributed by atoms with Crippen molar-refractivity contribution in [2.24, 2.45) is 0 Å². The first-order chi connectivity index (χ1) is 11.4. The molecule has 0 radical (unpaired) electrons. The number of halogens is 3. The third-order valence-electron chi connectivity index (χ3n) is 3.70. The van der Waals surface area contributed by atoms with E-state index in [1.807, 2.05) is 0 Å². The first-order valence-corrected chi connectivity index (χ1v) is 9.64. The van der Waals surface area contributed by atoms with Crippen LogP contribution in [-0.2, 0) is 15.5 Å². The van der Waals surface area contributed by atoms with E-state index in [1.165, 1.54) is 28.3 Å². The molecule has 3 rings (SSSR count). The summed E-state index contributed by atoms with van der Waals surface area (Å²) in [4.78, 5) is 29.6. The van der Waals surface area contributed by atoms with Gasteiger partial charge in [-0.3, -0.25) is 9.59 Å². The van der Waals surface area contributed by atoms with E-state index in [0.717, 1.165) is 16.2 Å². The van der Waals surface area contributed by atoms with Gasteiger partial charge >= 0.3 is 5.92 Å². The fourth-order valence-corrected chi connectivity index (χ4v) is 4.65. The predicted molar refractivity (Wildman–Crippen MR) is 91.4 cm³/mol. The third kappa shape index (κ3) is 3.22. The number of anilines is 1. The zero-order valence-electron chi connectivity index (χ0n) is 12.2. The molecule has 0 aliphatic carbocycles. The van der Waals surface area contributed by atoms with Gasteiger partial charge in [-0.15, -0.1) is 11.3 Å². The van der Waals surface area contributed by atoms with Crippen LogP contribution in [0.2, 0.25) is 0 Å². The van der Waals surface area contributed by atoms with Crippen molar-refractivity contribution in [3.63, 3.8) is 0 Å². The van der Waals surface area contributed by atoms with Crippen molar-refractivity contribution in [1.29, 1.82) is 0 Å². The number of hydrogen-bond donors (Lipinski definition) is 1. The number of amides is 2. The molecule has 1 saturated heterocycles. The number of thiazole rings is 1. The van der Waals surface area contributed by atoms with E-state index >= 15 is 0 Å². The second-order valence-electron chi connectivity index (χ2n) is 5.19. The smallest absolute Gasteiger partial charge is 0.325 e. The molecule has 1 atom stereocenters. The standard InChI is InChI=1S/C14H12BrF2N3O2S2/c15-9-7-23-6-8(9)14(16,17)12(22)20-4-1-2-10(20)11(21)19-13-18-3-5-24-13/h3,5-7,10H,1-2,4H2,(H,18,19,21). The van der Waals surface area contributed by atoms with Crippen molar-refractivity contribution in [2.75, 3.05) is 11.9 Å². The highest BCUT2D eigenvalue weighted by Crippen LogP contribution is 2.39. The average Bonchev–Trinajstić information content (AvgIpc) is 3.26. The summed E-state index contributed by atoms with van der Waals surface area (Å²) in [5.41, 5.74) is -0.372. The maximum Gasteiger partial charge on any atom is 0.351 e. The summed E-state index contributed by atoms with van der Waals surface area (Å²) >= 11 is 5.34. The molecule has 128 valence electrons. The quantitative estimate of drug-likeness (QED) is 0.796. The zero-order valence-corrected chi connectivity index (χ0v) is 15.4. The van der Waals surface area contributed by atoms with Crippen LogP contribution in [0.4, 0.5) is 13.9 Å². The van der Waals surface area contributed by atoms with E-state index in [9.17, 15) is 18.4 Å². The first kappa shape index (κ1) is 17.4. The Labute approximate surface area is 152 Å². The fourth-order valence-electron chi connectivity index (χ4n) is 2.56. The number of carbonyl (C=O) groups excluding carboxylic acids is 2. The summed E-state index contributed by atoms with van der Waals surface area (Å²) < 4.78 is 29.3. The minimum atomic E-state index is -3.68. The molecule has 1 fully saturated rings. The van der Waals surface area contributed by atoms with Gasteiger partial charge in [0.05, 0.1) is 5.56 Å². The molecule has 1 aliphatic heterocycles. The number of rotatable bonds is 4. The lowest BCUT2D eigenvalue weighted by atomic mass is 10.1. The summed E-state index contributed by atoms with van der Waals surface area (Å²) in [6, 6.07) is -0.912. The third-order valence-corrected chi connectivity index (χ3v) is 6.09. The zero-order chi connectivity index (χ0) is 17.3. The SMILES string of the molecule is O=C(Nc1nccs1)C1CCCN1C(=O)C(F)(F)c1cscc1Br. The molecule has 10 heteroatoms. The predicted octanol–water partition coefficient (Wildman–Crippen LogP) is 3.69. The van der Waals surface area contributed by atoms with Crippen molar-refractivity contribution < 1.29 is 18.4 Å². The maximum atomic E-state index is 14.6. The molecule has 2 aromatic heterocycles. The van der Waals surface area contributed by atoms with Crippen LogP contribution >= 0.6 is 38.6 Å². The Kier molecular flexibility index (Phi) is 4.97. The van der Waals surface area contributed by atoms with Crippen LogP contribution in [0.5, 0.6) is 0 Å². The van der Waals surface area contributed by atoms with Crippen LogP contribution in [0.3, 0.4) is 0 Å². The van der Waals surface area contributed by atoms with Gasteiger partial charge in [0.2, 0.25) is 5.91 Å². The highest BCUT2D eigenvalue weighted by molar-refractivity contribution is 9.10. The number of hydrogen-bond acceptors (Lipinski definition) is 5. The lowest BCUT2D eigenvalue weighted by Gasteiger charge is -2.27. The van der Waals surface area contributed by atoms with E-state index < -0.39 is 23.8 Å². The Bertz CT molecular complexity index is 751. The van der Waals surface area contributed by atoms with E-state index in [-0.39, 0.29) is 16.6 Å². The van der Waals surface area contributed by atoms with E-state index in [4.69, 9.17) is 0 Å². The minimum Gasteiger partial charge on any atom is -0.325 e. The molecular formula is C14H12BrF2N3O2S2. The molecule has 1 N–H and O–H groups in total. The topological polar surface area (TPSA) is 62.3 Å². The van der Waals surface area contributed by atoms with Crippen LogP contribution in [0.15, 0.2) is 26.8 Å². The average molecular weight is 436 g/mol. The van der Waals surface area contributed by atoms with Gasteiger partial charge in [0.25, 0.3) is 5.91 Å². The molecule has 0 spiro atoms. The first-order valence-electron chi connectivity index (χ1n) is 7.02. The van der Waals surface area contributed by atoms with Crippen molar-refractivity contribution in [2.45, 2.75) is 24.8 Å². The Morgan fingerprint density at radius 1 is 1.42 bits per heavy atom.